The molecular weight excluding hydrogens is 650 g/mol. The first-order valence-corrected chi connectivity index (χ1v) is 13.7. The molecule has 0 aliphatic carbocycles. The molecule has 15 heteroatoms. The summed E-state index contributed by atoms with van der Waals surface area (Å²) in [4.78, 5) is 21.9. The Bertz CT molecular complexity index is 1520. The van der Waals surface area contributed by atoms with Crippen LogP contribution >= 0.6 is 46.4 Å². The smallest absolute Gasteiger partial charge is 0.275 e. The van der Waals surface area contributed by atoms with Crippen LogP contribution in [0.3, 0.4) is 0 Å². The zero-order valence-corrected chi connectivity index (χ0v) is 24.9. The molecule has 0 unspecified atom stereocenters. The minimum Gasteiger partial charge on any atom is -0.456 e. The first-order chi connectivity index (χ1) is 20.6. The summed E-state index contributed by atoms with van der Waals surface area (Å²) < 4.78 is 27.6. The third-order valence-electron chi connectivity index (χ3n) is 5.59. The van der Waals surface area contributed by atoms with Crippen LogP contribution in [-0.4, -0.2) is 23.4 Å². The summed E-state index contributed by atoms with van der Waals surface area (Å²) in [7, 11) is 0. The molecule has 4 aromatic carbocycles. The van der Waals surface area contributed by atoms with Crippen LogP contribution in [0.1, 0.15) is 11.1 Å². The van der Waals surface area contributed by atoms with E-state index in [0.29, 0.717) is 33.0 Å². The lowest BCUT2D eigenvalue weighted by molar-refractivity contribution is -0.386. The van der Waals surface area contributed by atoms with Crippen LogP contribution < -0.4 is 9.47 Å². The van der Waals surface area contributed by atoms with Crippen LogP contribution in [0.2, 0.25) is 20.1 Å². The van der Waals surface area contributed by atoms with Crippen molar-refractivity contribution in [1.29, 1.82) is 0 Å². The van der Waals surface area contributed by atoms with Gasteiger partial charge in [-0.15, -0.1) is 0 Å². The van der Waals surface area contributed by atoms with Gasteiger partial charge in [0.25, 0.3) is 11.4 Å². The Morgan fingerprint density at radius 3 is 1.35 bits per heavy atom. The second-order valence-electron chi connectivity index (χ2n) is 8.59. The van der Waals surface area contributed by atoms with Gasteiger partial charge in [0.15, 0.2) is 0 Å². The molecule has 0 bridgehead atoms. The first-order valence-electron chi connectivity index (χ1n) is 12.1. The van der Waals surface area contributed by atoms with Gasteiger partial charge in [0, 0.05) is 22.2 Å². The fraction of sp³-hybridized carbons (Fsp3) is 0.143. The van der Waals surface area contributed by atoms with Gasteiger partial charge in [-0.3, -0.25) is 20.2 Å². The summed E-state index contributed by atoms with van der Waals surface area (Å²) >= 11 is 24.1. The Morgan fingerprint density at radius 1 is 0.558 bits per heavy atom. The second kappa shape index (κ2) is 15.2. The Balaban J connectivity index is 1.30. The molecule has 0 radical (unpaired) electrons. The Labute approximate surface area is 264 Å². The molecule has 224 valence electrons. The molecule has 4 aromatic rings. The highest BCUT2D eigenvalue weighted by Crippen LogP contribution is 2.35. The number of nitrogens with zero attached hydrogens (tertiary/aromatic N) is 2. The lowest BCUT2D eigenvalue weighted by atomic mass is 10.2. The normalized spacial score (nSPS) is 10.9. The molecule has 0 heterocycles. The molecule has 0 saturated heterocycles. The second-order valence-corrected chi connectivity index (χ2v) is 10.3. The van der Waals surface area contributed by atoms with Gasteiger partial charge in [0.05, 0.1) is 44.2 Å². The van der Waals surface area contributed by atoms with E-state index in [1.54, 1.807) is 24.3 Å². The molecule has 0 saturated carbocycles. The highest BCUT2D eigenvalue weighted by Gasteiger charge is 2.17. The van der Waals surface area contributed by atoms with Crippen molar-refractivity contribution in [1.82, 2.24) is 0 Å². The van der Waals surface area contributed by atoms with Crippen molar-refractivity contribution in [3.63, 3.8) is 0 Å². The summed E-state index contributed by atoms with van der Waals surface area (Å²) in [6.07, 6.45) is 0. The van der Waals surface area contributed by atoms with Crippen molar-refractivity contribution in [3.8, 4) is 23.0 Å². The number of hydrogen-bond donors (Lipinski definition) is 0. The average Bonchev–Trinajstić information content (AvgIpc) is 2.95. The van der Waals surface area contributed by atoms with Crippen LogP contribution in [0.4, 0.5) is 11.4 Å². The predicted octanol–water partition coefficient (Wildman–Crippen LogP) is 9.37. The standard InChI is InChI=1S/C28H20Cl4N2O9/c29-19-1-7-27(23(31)11-19)42-21-3-5-25(33(35)36)17(9-21)13-39-15-41-16-40-14-18-10-22(4-6-26(18)34(37)38)43-28-8-2-20(30)12-24(28)32/h1-12H,13-16H2. The maximum Gasteiger partial charge on any atom is 0.275 e. The van der Waals surface area contributed by atoms with Crippen molar-refractivity contribution in [2.24, 2.45) is 0 Å². The molecule has 0 aliphatic heterocycles. The van der Waals surface area contributed by atoms with Crippen molar-refractivity contribution in [3.05, 3.63) is 124 Å². The molecule has 0 spiro atoms. The van der Waals surface area contributed by atoms with Crippen molar-refractivity contribution >= 4 is 57.8 Å². The number of benzene rings is 4. The van der Waals surface area contributed by atoms with Crippen LogP contribution in [0.25, 0.3) is 0 Å². The number of halogens is 4. The number of rotatable bonds is 14. The van der Waals surface area contributed by atoms with Gasteiger partial charge in [-0.1, -0.05) is 46.4 Å². The van der Waals surface area contributed by atoms with Crippen molar-refractivity contribution in [2.75, 3.05) is 13.6 Å². The van der Waals surface area contributed by atoms with E-state index in [9.17, 15) is 20.2 Å². The Morgan fingerprint density at radius 2 is 0.977 bits per heavy atom. The van der Waals surface area contributed by atoms with Crippen LogP contribution in [0, 0.1) is 20.2 Å². The van der Waals surface area contributed by atoms with Crippen LogP contribution in [0.15, 0.2) is 72.8 Å². The van der Waals surface area contributed by atoms with E-state index >= 15 is 0 Å². The average molecular weight is 670 g/mol. The minimum absolute atomic E-state index is 0.180. The molecule has 4 rings (SSSR count). The fourth-order valence-corrected chi connectivity index (χ4v) is 4.56. The molecule has 0 amide bonds. The van der Waals surface area contributed by atoms with Crippen LogP contribution in [-0.2, 0) is 27.4 Å². The number of hydrogen-bond acceptors (Lipinski definition) is 9. The highest BCUT2D eigenvalue weighted by atomic mass is 35.5. The zero-order valence-electron chi connectivity index (χ0n) is 21.8. The van der Waals surface area contributed by atoms with E-state index in [1.807, 2.05) is 0 Å². The molecule has 43 heavy (non-hydrogen) atoms. The quantitative estimate of drug-likeness (QED) is 0.0557. The third-order valence-corrected chi connectivity index (χ3v) is 6.65. The highest BCUT2D eigenvalue weighted by molar-refractivity contribution is 6.36. The Hall–Kier alpha value is -3.68. The molecule has 0 aliphatic rings. The predicted molar refractivity (Wildman–Crippen MR) is 160 cm³/mol. The summed E-state index contributed by atoms with van der Waals surface area (Å²) in [6, 6.07) is 17.7. The topological polar surface area (TPSA) is 132 Å². The van der Waals surface area contributed by atoms with Gasteiger partial charge in [-0.25, -0.2) is 0 Å². The lowest BCUT2D eigenvalue weighted by Gasteiger charge is -2.11. The zero-order chi connectivity index (χ0) is 30.9. The van der Waals surface area contributed by atoms with E-state index in [0.717, 1.165) is 0 Å². The van der Waals surface area contributed by atoms with E-state index < -0.39 is 9.85 Å². The Kier molecular flexibility index (Phi) is 11.4. The van der Waals surface area contributed by atoms with E-state index in [-0.39, 0.29) is 59.3 Å². The molecule has 0 atom stereocenters. The van der Waals surface area contributed by atoms with Gasteiger partial charge in [-0.05, 0) is 60.7 Å². The van der Waals surface area contributed by atoms with Gasteiger partial charge < -0.3 is 23.7 Å². The molecular formula is C28H20Cl4N2O9. The number of nitro benzene ring substituents is 2. The maximum atomic E-state index is 11.5. The van der Waals surface area contributed by atoms with Crippen LogP contribution in [0.5, 0.6) is 23.0 Å². The largest absolute Gasteiger partial charge is 0.456 e. The van der Waals surface area contributed by atoms with E-state index in [1.165, 1.54) is 48.5 Å². The van der Waals surface area contributed by atoms with Gasteiger partial charge >= 0.3 is 0 Å². The molecule has 11 nitrogen and oxygen atoms in total. The molecule has 0 fully saturated rings. The fourth-order valence-electron chi connectivity index (χ4n) is 3.66. The third kappa shape index (κ3) is 9.15. The van der Waals surface area contributed by atoms with Crippen molar-refractivity contribution in [2.45, 2.75) is 13.2 Å². The summed E-state index contributed by atoms with van der Waals surface area (Å²) in [5, 5.41) is 24.4. The summed E-state index contributed by atoms with van der Waals surface area (Å²) in [6.45, 7) is -0.933. The number of ether oxygens (including phenoxy) is 5. The monoisotopic (exact) mass is 668 g/mol. The summed E-state index contributed by atoms with van der Waals surface area (Å²) in [5.74, 6) is 1.23. The van der Waals surface area contributed by atoms with Gasteiger partial charge in [0.2, 0.25) is 0 Å². The van der Waals surface area contributed by atoms with E-state index in [4.69, 9.17) is 70.1 Å². The first kappa shape index (κ1) is 32.2. The minimum atomic E-state index is -0.548. The maximum absolute atomic E-state index is 11.5. The van der Waals surface area contributed by atoms with E-state index in [2.05, 4.69) is 0 Å². The lowest BCUT2D eigenvalue weighted by Crippen LogP contribution is -2.07. The SMILES string of the molecule is O=[N+]([O-])c1ccc(Oc2ccc(Cl)cc2Cl)cc1COCOCOCc1cc(Oc2ccc(Cl)cc2Cl)ccc1[N+](=O)[O-]. The van der Waals surface area contributed by atoms with Gasteiger partial charge in [-0.2, -0.15) is 0 Å². The van der Waals surface area contributed by atoms with Gasteiger partial charge in [0.1, 0.15) is 36.6 Å². The molecule has 0 aromatic heterocycles. The summed E-state index contributed by atoms with van der Waals surface area (Å²) in [5.41, 5.74) is 0.0934. The number of nitro groups is 2. The molecule has 0 N–H and O–H groups in total. The van der Waals surface area contributed by atoms with Crippen molar-refractivity contribution < 1.29 is 33.5 Å².